The Bertz CT molecular complexity index is 1200. The van der Waals surface area contributed by atoms with E-state index < -0.39 is 5.91 Å². The van der Waals surface area contributed by atoms with Crippen molar-refractivity contribution in [2.75, 3.05) is 11.1 Å². The first-order valence-corrected chi connectivity index (χ1v) is 8.92. The van der Waals surface area contributed by atoms with Gasteiger partial charge in [0.05, 0.1) is 5.69 Å². The van der Waals surface area contributed by atoms with Crippen LogP contribution in [0.15, 0.2) is 73.2 Å². The quantitative estimate of drug-likeness (QED) is 0.449. The maximum atomic E-state index is 11.3. The number of amides is 1. The van der Waals surface area contributed by atoms with E-state index >= 15 is 0 Å². The first-order chi connectivity index (χ1) is 14.6. The van der Waals surface area contributed by atoms with Crippen LogP contribution in [0.4, 0.5) is 17.5 Å². The molecule has 0 aliphatic rings. The molecule has 4 aromatic rings. The van der Waals surface area contributed by atoms with Crippen molar-refractivity contribution in [3.63, 3.8) is 0 Å². The van der Waals surface area contributed by atoms with Gasteiger partial charge >= 0.3 is 0 Å². The Morgan fingerprint density at radius 2 is 1.83 bits per heavy atom. The lowest BCUT2D eigenvalue weighted by molar-refractivity contribution is 0.0995. The number of nitrogen functional groups attached to an aromatic ring is 1. The van der Waals surface area contributed by atoms with Crippen molar-refractivity contribution < 1.29 is 9.53 Å². The van der Waals surface area contributed by atoms with Crippen LogP contribution in [0, 0.1) is 0 Å². The Kier molecular flexibility index (Phi) is 5.16. The fourth-order valence-corrected chi connectivity index (χ4v) is 2.72. The molecule has 3 aromatic heterocycles. The lowest BCUT2D eigenvalue weighted by atomic mass is 10.2. The van der Waals surface area contributed by atoms with Gasteiger partial charge in [-0.15, -0.1) is 0 Å². The number of anilines is 3. The van der Waals surface area contributed by atoms with Crippen LogP contribution < -0.4 is 21.5 Å². The van der Waals surface area contributed by atoms with Crippen LogP contribution in [-0.4, -0.2) is 25.8 Å². The molecule has 0 aliphatic heterocycles. The molecule has 0 radical (unpaired) electrons. The fourth-order valence-electron chi connectivity index (χ4n) is 2.72. The normalized spacial score (nSPS) is 10.4. The second kappa shape index (κ2) is 8.23. The third-order valence-electron chi connectivity index (χ3n) is 4.03. The summed E-state index contributed by atoms with van der Waals surface area (Å²) in [5.41, 5.74) is 13.5. The molecule has 1 aromatic carbocycles. The van der Waals surface area contributed by atoms with Gasteiger partial charge in [-0.3, -0.25) is 14.8 Å². The number of nitrogens with zero attached hydrogens (tertiary/aromatic N) is 4. The van der Waals surface area contributed by atoms with Crippen LogP contribution in [0.5, 0.6) is 11.5 Å². The minimum Gasteiger partial charge on any atom is -0.457 e. The summed E-state index contributed by atoms with van der Waals surface area (Å²) in [5, 5.41) is 3.19. The van der Waals surface area contributed by atoms with Crippen LogP contribution >= 0.6 is 0 Å². The van der Waals surface area contributed by atoms with Gasteiger partial charge in [-0.2, -0.15) is 4.98 Å². The van der Waals surface area contributed by atoms with Crippen molar-refractivity contribution >= 4 is 23.4 Å². The summed E-state index contributed by atoms with van der Waals surface area (Å²) in [7, 11) is 0. The maximum absolute atomic E-state index is 11.3. The molecule has 5 N–H and O–H groups in total. The largest absolute Gasteiger partial charge is 0.457 e. The zero-order valence-corrected chi connectivity index (χ0v) is 15.7. The maximum Gasteiger partial charge on any atom is 0.267 e. The second-order valence-electron chi connectivity index (χ2n) is 6.23. The lowest BCUT2D eigenvalue weighted by Crippen LogP contribution is -2.12. The number of hydrogen-bond donors (Lipinski definition) is 3. The topological polar surface area (TPSA) is 142 Å². The molecule has 9 heteroatoms. The van der Waals surface area contributed by atoms with Crippen molar-refractivity contribution in [1.82, 2.24) is 19.9 Å². The minimum atomic E-state index is -0.623. The number of aromatic nitrogens is 4. The number of hydrogen-bond acceptors (Lipinski definition) is 8. The standard InChI is InChI=1S/C21H17N7O2/c22-20(29)18-10-16(6-8-25-18)30-15-5-1-4-14(9-15)26-19-11-17(27-21(23)28-19)13-3-2-7-24-12-13/h1-12H,(H2,22,29)(H3,23,26,27,28). The van der Waals surface area contributed by atoms with E-state index in [4.69, 9.17) is 16.2 Å². The van der Waals surface area contributed by atoms with E-state index in [1.807, 2.05) is 24.3 Å². The summed E-state index contributed by atoms with van der Waals surface area (Å²) in [5.74, 6) is 1.04. The zero-order valence-electron chi connectivity index (χ0n) is 15.7. The van der Waals surface area contributed by atoms with Gasteiger partial charge in [0.2, 0.25) is 5.95 Å². The molecule has 3 heterocycles. The Morgan fingerprint density at radius 1 is 0.967 bits per heavy atom. The van der Waals surface area contributed by atoms with E-state index in [0.29, 0.717) is 23.0 Å². The first kappa shape index (κ1) is 18.8. The molecule has 9 nitrogen and oxygen atoms in total. The van der Waals surface area contributed by atoms with Gasteiger partial charge in [0.25, 0.3) is 5.91 Å². The average molecular weight is 399 g/mol. The highest BCUT2D eigenvalue weighted by Gasteiger charge is 2.08. The molecule has 0 aliphatic carbocycles. The molecule has 0 saturated heterocycles. The van der Waals surface area contributed by atoms with Gasteiger partial charge in [0.1, 0.15) is 23.0 Å². The third kappa shape index (κ3) is 4.47. The number of ether oxygens (including phenoxy) is 1. The minimum absolute atomic E-state index is 0.126. The fraction of sp³-hybridized carbons (Fsp3) is 0. The summed E-state index contributed by atoms with van der Waals surface area (Å²) < 4.78 is 5.81. The van der Waals surface area contributed by atoms with Gasteiger partial charge in [-0.05, 0) is 30.3 Å². The molecule has 0 bridgehead atoms. The zero-order chi connectivity index (χ0) is 20.9. The molecule has 0 atom stereocenters. The summed E-state index contributed by atoms with van der Waals surface area (Å²) in [6.45, 7) is 0. The highest BCUT2D eigenvalue weighted by molar-refractivity contribution is 5.91. The molecule has 0 fully saturated rings. The van der Waals surface area contributed by atoms with Gasteiger partial charge in [0, 0.05) is 48.0 Å². The molecule has 4 rings (SSSR count). The van der Waals surface area contributed by atoms with Crippen molar-refractivity contribution in [3.05, 3.63) is 78.9 Å². The number of nitrogens with one attached hydrogen (secondary N) is 1. The number of carbonyl (C=O) groups excluding carboxylic acids is 1. The number of rotatable bonds is 6. The monoisotopic (exact) mass is 399 g/mol. The third-order valence-corrected chi connectivity index (χ3v) is 4.03. The molecular weight excluding hydrogens is 382 g/mol. The van der Waals surface area contributed by atoms with E-state index in [-0.39, 0.29) is 11.6 Å². The summed E-state index contributed by atoms with van der Waals surface area (Å²) in [6, 6.07) is 15.9. The Labute approximate surface area is 171 Å². The predicted octanol–water partition coefficient (Wildman–Crippen LogP) is 3.15. The SMILES string of the molecule is NC(=O)c1cc(Oc2cccc(Nc3cc(-c4cccnc4)nc(N)n3)c2)ccn1. The smallest absolute Gasteiger partial charge is 0.267 e. The molecule has 0 spiro atoms. The molecule has 0 unspecified atom stereocenters. The van der Waals surface area contributed by atoms with Crippen LogP contribution in [-0.2, 0) is 0 Å². The van der Waals surface area contributed by atoms with Crippen molar-refractivity contribution in [1.29, 1.82) is 0 Å². The van der Waals surface area contributed by atoms with E-state index in [1.165, 1.54) is 12.3 Å². The summed E-state index contributed by atoms with van der Waals surface area (Å²) >= 11 is 0. The van der Waals surface area contributed by atoms with Crippen LogP contribution in [0.3, 0.4) is 0 Å². The number of pyridine rings is 2. The highest BCUT2D eigenvalue weighted by atomic mass is 16.5. The van der Waals surface area contributed by atoms with Crippen LogP contribution in [0.1, 0.15) is 10.5 Å². The van der Waals surface area contributed by atoms with E-state index in [1.54, 1.807) is 36.7 Å². The summed E-state index contributed by atoms with van der Waals surface area (Å²) in [6.07, 6.45) is 4.85. The summed E-state index contributed by atoms with van der Waals surface area (Å²) in [4.78, 5) is 27.8. The average Bonchev–Trinajstić information content (AvgIpc) is 2.74. The Balaban J connectivity index is 1.56. The van der Waals surface area contributed by atoms with Gasteiger partial charge in [0.15, 0.2) is 0 Å². The van der Waals surface area contributed by atoms with Crippen molar-refractivity contribution in [2.24, 2.45) is 5.73 Å². The number of primary amides is 1. The number of carbonyl (C=O) groups is 1. The molecule has 1 amide bonds. The Morgan fingerprint density at radius 3 is 2.63 bits per heavy atom. The Hall–Kier alpha value is -4.53. The molecule has 0 saturated carbocycles. The second-order valence-corrected chi connectivity index (χ2v) is 6.23. The lowest BCUT2D eigenvalue weighted by Gasteiger charge is -2.11. The van der Waals surface area contributed by atoms with Gasteiger partial charge in [-0.25, -0.2) is 4.98 Å². The number of benzene rings is 1. The van der Waals surface area contributed by atoms with E-state index in [9.17, 15) is 4.79 Å². The van der Waals surface area contributed by atoms with E-state index in [0.717, 1.165) is 11.3 Å². The highest BCUT2D eigenvalue weighted by Crippen LogP contribution is 2.27. The molecule has 148 valence electrons. The van der Waals surface area contributed by atoms with Crippen LogP contribution in [0.25, 0.3) is 11.3 Å². The van der Waals surface area contributed by atoms with Gasteiger partial charge < -0.3 is 21.5 Å². The number of nitrogens with two attached hydrogens (primary N) is 2. The molecule has 30 heavy (non-hydrogen) atoms. The first-order valence-electron chi connectivity index (χ1n) is 8.92. The van der Waals surface area contributed by atoms with E-state index in [2.05, 4.69) is 25.3 Å². The van der Waals surface area contributed by atoms with Crippen molar-refractivity contribution in [3.8, 4) is 22.8 Å². The van der Waals surface area contributed by atoms with Crippen molar-refractivity contribution in [2.45, 2.75) is 0 Å². The van der Waals surface area contributed by atoms with Crippen LogP contribution in [0.2, 0.25) is 0 Å². The van der Waals surface area contributed by atoms with Gasteiger partial charge in [-0.1, -0.05) is 6.07 Å². The predicted molar refractivity (Wildman–Crippen MR) is 112 cm³/mol. The molecular formula is C21H17N7O2.